The first kappa shape index (κ1) is 13.8. The van der Waals surface area contributed by atoms with E-state index in [0.717, 1.165) is 5.56 Å². The van der Waals surface area contributed by atoms with Crippen molar-refractivity contribution in [1.29, 1.82) is 0 Å². The second-order valence-corrected chi connectivity index (χ2v) is 4.85. The summed E-state index contributed by atoms with van der Waals surface area (Å²) < 4.78 is 0. The van der Waals surface area contributed by atoms with E-state index in [1.807, 2.05) is 0 Å². The van der Waals surface area contributed by atoms with Crippen LogP contribution in [0.25, 0.3) is 0 Å². The Morgan fingerprint density at radius 2 is 2.21 bits per heavy atom. The second kappa shape index (κ2) is 6.04. The molecule has 19 heavy (non-hydrogen) atoms. The highest BCUT2D eigenvalue weighted by molar-refractivity contribution is 6.34. The fraction of sp³-hybridized carbons (Fsp3) is 0.385. The van der Waals surface area contributed by atoms with Crippen LogP contribution >= 0.6 is 11.6 Å². The van der Waals surface area contributed by atoms with Crippen molar-refractivity contribution in [2.24, 2.45) is 0 Å². The van der Waals surface area contributed by atoms with Crippen LogP contribution in [-0.2, 0) is 16.0 Å². The van der Waals surface area contributed by atoms with Crippen molar-refractivity contribution >= 4 is 34.8 Å². The van der Waals surface area contributed by atoms with Crippen LogP contribution in [0, 0.1) is 0 Å². The summed E-state index contributed by atoms with van der Waals surface area (Å²) in [5.41, 5.74) is 2.05. The molecule has 0 aliphatic carbocycles. The standard InChI is InChI=1S/C13H15ClN2O3/c14-9-7-10-8(6-13(19)15-10)5-11(9)16-12(18)3-1-2-4-17/h5,7,17H,1-4,6H2,(H,15,19)(H,16,18). The number of rotatable bonds is 5. The van der Waals surface area contributed by atoms with Crippen LogP contribution in [0.15, 0.2) is 12.1 Å². The summed E-state index contributed by atoms with van der Waals surface area (Å²) in [5, 5.41) is 14.5. The lowest BCUT2D eigenvalue weighted by Gasteiger charge is -2.09. The maximum atomic E-state index is 11.7. The Labute approximate surface area is 116 Å². The van der Waals surface area contributed by atoms with Crippen molar-refractivity contribution in [1.82, 2.24) is 0 Å². The van der Waals surface area contributed by atoms with Gasteiger partial charge in [0.05, 0.1) is 17.1 Å². The highest BCUT2D eigenvalue weighted by atomic mass is 35.5. The van der Waals surface area contributed by atoms with Crippen LogP contribution < -0.4 is 10.6 Å². The molecule has 0 saturated carbocycles. The number of fused-ring (bicyclic) bond motifs is 1. The van der Waals surface area contributed by atoms with Crippen LogP contribution in [0.2, 0.25) is 5.02 Å². The van der Waals surface area contributed by atoms with Crippen molar-refractivity contribution in [3.05, 3.63) is 22.7 Å². The number of benzene rings is 1. The van der Waals surface area contributed by atoms with Crippen molar-refractivity contribution in [2.45, 2.75) is 25.7 Å². The Morgan fingerprint density at radius 1 is 1.42 bits per heavy atom. The zero-order valence-electron chi connectivity index (χ0n) is 10.3. The van der Waals surface area contributed by atoms with Crippen molar-refractivity contribution < 1.29 is 14.7 Å². The van der Waals surface area contributed by atoms with Crippen molar-refractivity contribution in [2.75, 3.05) is 17.2 Å². The molecular weight excluding hydrogens is 268 g/mol. The van der Waals surface area contributed by atoms with Crippen molar-refractivity contribution in [3.63, 3.8) is 0 Å². The lowest BCUT2D eigenvalue weighted by Crippen LogP contribution is -2.11. The molecule has 1 aromatic carbocycles. The van der Waals surface area contributed by atoms with E-state index < -0.39 is 0 Å². The Morgan fingerprint density at radius 3 is 2.95 bits per heavy atom. The van der Waals surface area contributed by atoms with Crippen LogP contribution in [-0.4, -0.2) is 23.5 Å². The van der Waals surface area contributed by atoms with Gasteiger partial charge in [-0.2, -0.15) is 0 Å². The molecule has 1 aliphatic heterocycles. The Kier molecular flexibility index (Phi) is 4.39. The Bertz CT molecular complexity index is 517. The maximum Gasteiger partial charge on any atom is 0.228 e. The highest BCUT2D eigenvalue weighted by Crippen LogP contribution is 2.32. The Hall–Kier alpha value is -1.59. The van der Waals surface area contributed by atoms with Gasteiger partial charge in [0.25, 0.3) is 0 Å². The molecule has 0 saturated heterocycles. The molecule has 0 unspecified atom stereocenters. The third-order valence-corrected chi connectivity index (χ3v) is 3.22. The average molecular weight is 283 g/mol. The minimum Gasteiger partial charge on any atom is -0.396 e. The number of amides is 2. The minimum atomic E-state index is -0.146. The molecule has 1 aromatic rings. The molecule has 0 aromatic heterocycles. The number of aliphatic hydroxyl groups excluding tert-OH is 1. The van der Waals surface area contributed by atoms with E-state index in [2.05, 4.69) is 10.6 Å². The van der Waals surface area contributed by atoms with Gasteiger partial charge in [0.2, 0.25) is 11.8 Å². The summed E-state index contributed by atoms with van der Waals surface area (Å²) in [6.07, 6.45) is 1.87. The van der Waals surface area contributed by atoms with Gasteiger partial charge in [0, 0.05) is 18.7 Å². The smallest absolute Gasteiger partial charge is 0.228 e. The minimum absolute atomic E-state index is 0.0718. The molecule has 5 nitrogen and oxygen atoms in total. The SMILES string of the molecule is O=C(CCCCO)Nc1cc2c(cc1Cl)NC(=O)C2. The van der Waals surface area contributed by atoms with Gasteiger partial charge >= 0.3 is 0 Å². The lowest BCUT2D eigenvalue weighted by molar-refractivity contribution is -0.116. The summed E-state index contributed by atoms with van der Waals surface area (Å²) in [7, 11) is 0. The monoisotopic (exact) mass is 282 g/mol. The first-order chi connectivity index (χ1) is 9.10. The summed E-state index contributed by atoms with van der Waals surface area (Å²) in [4.78, 5) is 22.9. The molecule has 6 heteroatoms. The van der Waals surface area contributed by atoms with Gasteiger partial charge in [-0.3, -0.25) is 9.59 Å². The number of hydrogen-bond donors (Lipinski definition) is 3. The number of nitrogens with one attached hydrogen (secondary N) is 2. The van der Waals surface area contributed by atoms with Crippen LogP contribution in [0.1, 0.15) is 24.8 Å². The van der Waals surface area contributed by atoms with Gasteiger partial charge in [-0.1, -0.05) is 11.6 Å². The van der Waals surface area contributed by atoms with Crippen LogP contribution in [0.4, 0.5) is 11.4 Å². The van der Waals surface area contributed by atoms with Gasteiger partial charge in [-0.15, -0.1) is 0 Å². The fourth-order valence-corrected chi connectivity index (χ4v) is 2.16. The molecule has 1 heterocycles. The average Bonchev–Trinajstić information content (AvgIpc) is 2.69. The molecule has 102 valence electrons. The van der Waals surface area contributed by atoms with E-state index in [1.54, 1.807) is 12.1 Å². The molecule has 0 atom stereocenters. The molecule has 0 radical (unpaired) electrons. The molecular formula is C13H15ClN2O3. The normalized spacial score (nSPS) is 13.1. The highest BCUT2D eigenvalue weighted by Gasteiger charge is 2.20. The van der Waals surface area contributed by atoms with Gasteiger partial charge in [0.1, 0.15) is 0 Å². The summed E-state index contributed by atoms with van der Waals surface area (Å²) in [6, 6.07) is 3.37. The summed E-state index contributed by atoms with van der Waals surface area (Å²) in [5.74, 6) is -0.218. The molecule has 2 amide bonds. The molecule has 3 N–H and O–H groups in total. The van der Waals surface area contributed by atoms with Crippen LogP contribution in [0.3, 0.4) is 0 Å². The number of anilines is 2. The predicted molar refractivity (Wildman–Crippen MR) is 73.4 cm³/mol. The third kappa shape index (κ3) is 3.45. The van der Waals surface area contributed by atoms with Crippen molar-refractivity contribution in [3.8, 4) is 0 Å². The molecule has 1 aliphatic rings. The zero-order chi connectivity index (χ0) is 13.8. The molecule has 0 fully saturated rings. The van der Waals surface area contributed by atoms with Gasteiger partial charge in [0.15, 0.2) is 0 Å². The number of unbranched alkanes of at least 4 members (excludes halogenated alkanes) is 1. The predicted octanol–water partition coefficient (Wildman–Crippen LogP) is 1.94. The quantitative estimate of drug-likeness (QED) is 0.722. The number of carbonyl (C=O) groups is 2. The topological polar surface area (TPSA) is 78.4 Å². The largest absolute Gasteiger partial charge is 0.396 e. The first-order valence-corrected chi connectivity index (χ1v) is 6.51. The molecule has 2 rings (SSSR count). The van der Waals surface area contributed by atoms with Gasteiger partial charge < -0.3 is 15.7 Å². The van der Waals surface area contributed by atoms with E-state index in [-0.39, 0.29) is 18.4 Å². The molecule has 0 spiro atoms. The maximum absolute atomic E-state index is 11.7. The van der Waals surface area contributed by atoms with E-state index >= 15 is 0 Å². The number of hydrogen-bond acceptors (Lipinski definition) is 3. The van der Waals surface area contributed by atoms with E-state index in [0.29, 0.717) is 42.1 Å². The van der Waals surface area contributed by atoms with Crippen LogP contribution in [0.5, 0.6) is 0 Å². The second-order valence-electron chi connectivity index (χ2n) is 4.44. The first-order valence-electron chi connectivity index (χ1n) is 6.13. The zero-order valence-corrected chi connectivity index (χ0v) is 11.1. The Balaban J connectivity index is 2.03. The van der Waals surface area contributed by atoms with E-state index in [4.69, 9.17) is 16.7 Å². The van der Waals surface area contributed by atoms with E-state index in [1.165, 1.54) is 0 Å². The van der Waals surface area contributed by atoms with Gasteiger partial charge in [-0.25, -0.2) is 0 Å². The summed E-state index contributed by atoms with van der Waals surface area (Å²) >= 11 is 6.06. The fourth-order valence-electron chi connectivity index (χ4n) is 1.95. The van der Waals surface area contributed by atoms with E-state index in [9.17, 15) is 9.59 Å². The van der Waals surface area contributed by atoms with Gasteiger partial charge in [-0.05, 0) is 30.5 Å². The number of carbonyl (C=O) groups excluding carboxylic acids is 2. The molecule has 0 bridgehead atoms. The lowest BCUT2D eigenvalue weighted by atomic mass is 10.1. The summed E-state index contributed by atoms with van der Waals surface area (Å²) in [6.45, 7) is 0.0840. The third-order valence-electron chi connectivity index (χ3n) is 2.90. The number of aliphatic hydroxyl groups is 1. The number of halogens is 1.